The highest BCUT2D eigenvalue weighted by molar-refractivity contribution is 7.16. The molecule has 3 nitrogen and oxygen atoms in total. The van der Waals surface area contributed by atoms with E-state index in [1.807, 2.05) is 6.07 Å². The van der Waals surface area contributed by atoms with E-state index < -0.39 is 0 Å². The predicted molar refractivity (Wildman–Crippen MR) is 67.7 cm³/mol. The van der Waals surface area contributed by atoms with Crippen LogP contribution in [0.4, 0.5) is 0 Å². The van der Waals surface area contributed by atoms with Crippen molar-refractivity contribution in [2.75, 3.05) is 6.61 Å². The van der Waals surface area contributed by atoms with Crippen LogP contribution in [0.1, 0.15) is 18.2 Å². The summed E-state index contributed by atoms with van der Waals surface area (Å²) in [6.07, 6.45) is 2.36. The summed E-state index contributed by atoms with van der Waals surface area (Å²) in [6, 6.07) is 4.28. The van der Waals surface area contributed by atoms with E-state index in [1.165, 1.54) is 4.88 Å². The molecule has 16 heavy (non-hydrogen) atoms. The lowest BCUT2D eigenvalue weighted by atomic mass is 9.94. The van der Waals surface area contributed by atoms with Gasteiger partial charge in [0.15, 0.2) is 0 Å². The maximum absolute atomic E-state index is 5.91. The maximum Gasteiger partial charge on any atom is 0.0931 e. The number of hydrogen-bond acceptors (Lipinski definition) is 4. The molecule has 1 aromatic heterocycles. The molecule has 0 spiro atoms. The topological polar surface area (TPSA) is 47.3 Å². The largest absolute Gasteiger partial charge is 0.378 e. The number of hydrazine groups is 1. The van der Waals surface area contributed by atoms with Gasteiger partial charge in [-0.1, -0.05) is 11.6 Å². The van der Waals surface area contributed by atoms with Gasteiger partial charge in [0.1, 0.15) is 0 Å². The highest BCUT2D eigenvalue weighted by Gasteiger charge is 2.29. The Kier molecular flexibility index (Phi) is 4.21. The minimum atomic E-state index is 0.277. The first-order valence-corrected chi connectivity index (χ1v) is 6.70. The Bertz CT molecular complexity index is 344. The number of halogens is 1. The first kappa shape index (κ1) is 12.3. The average molecular weight is 261 g/mol. The summed E-state index contributed by atoms with van der Waals surface area (Å²) in [5.74, 6) is 6.12. The smallest absolute Gasteiger partial charge is 0.0931 e. The minimum Gasteiger partial charge on any atom is -0.378 e. The summed E-state index contributed by atoms with van der Waals surface area (Å²) in [5, 5.41) is 0. The number of nitrogens with two attached hydrogens (primary N) is 1. The molecule has 3 N–H and O–H groups in total. The molecular weight excluding hydrogens is 244 g/mol. The zero-order valence-corrected chi connectivity index (χ0v) is 10.9. The molecule has 1 aromatic rings. The normalized spacial score (nSPS) is 27.2. The number of thiophene rings is 1. The molecule has 0 bridgehead atoms. The van der Waals surface area contributed by atoms with E-state index in [0.29, 0.717) is 12.0 Å². The van der Waals surface area contributed by atoms with Crippen LogP contribution in [0.2, 0.25) is 4.34 Å². The third kappa shape index (κ3) is 2.96. The van der Waals surface area contributed by atoms with Crippen LogP contribution in [0.15, 0.2) is 12.1 Å². The highest BCUT2D eigenvalue weighted by Crippen LogP contribution is 2.27. The number of nitrogens with one attached hydrogen (secondary N) is 1. The summed E-state index contributed by atoms with van der Waals surface area (Å²) < 4.78 is 6.41. The van der Waals surface area contributed by atoms with Crippen molar-refractivity contribution in [1.82, 2.24) is 5.43 Å². The average Bonchev–Trinajstić information content (AvgIpc) is 2.84. The molecule has 5 heteroatoms. The second-order valence-corrected chi connectivity index (χ2v) is 6.12. The monoisotopic (exact) mass is 260 g/mol. The fraction of sp³-hybridized carbons (Fsp3) is 0.636. The quantitative estimate of drug-likeness (QED) is 0.645. The van der Waals surface area contributed by atoms with Crippen molar-refractivity contribution in [1.29, 1.82) is 0 Å². The first-order chi connectivity index (χ1) is 7.69. The molecule has 90 valence electrons. The fourth-order valence-electron chi connectivity index (χ4n) is 2.17. The van der Waals surface area contributed by atoms with Gasteiger partial charge in [-0.25, -0.2) is 0 Å². The van der Waals surface area contributed by atoms with Crippen molar-refractivity contribution in [2.24, 2.45) is 11.8 Å². The number of ether oxygens (including phenoxy) is 1. The van der Waals surface area contributed by atoms with Crippen molar-refractivity contribution in [3.05, 3.63) is 21.3 Å². The lowest BCUT2D eigenvalue weighted by Crippen LogP contribution is -2.42. The Morgan fingerprint density at radius 3 is 3.00 bits per heavy atom. The Labute approximate surface area is 105 Å². The molecule has 1 aliphatic rings. The molecule has 0 aliphatic carbocycles. The third-order valence-electron chi connectivity index (χ3n) is 3.06. The Hall–Kier alpha value is -0.130. The van der Waals surface area contributed by atoms with Gasteiger partial charge in [-0.2, -0.15) is 0 Å². The van der Waals surface area contributed by atoms with Crippen molar-refractivity contribution in [3.63, 3.8) is 0 Å². The van der Waals surface area contributed by atoms with Crippen molar-refractivity contribution < 1.29 is 4.74 Å². The summed E-state index contributed by atoms with van der Waals surface area (Å²) in [7, 11) is 0. The van der Waals surface area contributed by atoms with E-state index in [4.69, 9.17) is 22.2 Å². The summed E-state index contributed by atoms with van der Waals surface area (Å²) in [6.45, 7) is 2.91. The van der Waals surface area contributed by atoms with Crippen LogP contribution in [0.5, 0.6) is 0 Å². The molecule has 3 unspecified atom stereocenters. The molecule has 0 amide bonds. The zero-order valence-electron chi connectivity index (χ0n) is 9.28. The van der Waals surface area contributed by atoms with E-state index >= 15 is 0 Å². The molecule has 0 radical (unpaired) electrons. The van der Waals surface area contributed by atoms with Gasteiger partial charge in [0.2, 0.25) is 0 Å². The SMILES string of the molecule is CC1CC(C(Cc2ccc(Cl)s2)NN)CO1. The van der Waals surface area contributed by atoms with Crippen LogP contribution in [-0.2, 0) is 11.2 Å². The number of rotatable bonds is 4. The zero-order chi connectivity index (χ0) is 11.5. The van der Waals surface area contributed by atoms with Crippen LogP contribution >= 0.6 is 22.9 Å². The number of hydrogen-bond donors (Lipinski definition) is 2. The molecule has 0 aromatic carbocycles. The Morgan fingerprint density at radius 1 is 1.69 bits per heavy atom. The fourth-order valence-corrected chi connectivity index (χ4v) is 3.32. The molecule has 1 saturated heterocycles. The van der Waals surface area contributed by atoms with Gasteiger partial charge in [0, 0.05) is 16.8 Å². The Balaban J connectivity index is 1.95. The van der Waals surface area contributed by atoms with Crippen molar-refractivity contribution in [3.8, 4) is 0 Å². The molecule has 1 fully saturated rings. The molecule has 0 saturated carbocycles. The van der Waals surface area contributed by atoms with E-state index in [1.54, 1.807) is 11.3 Å². The lowest BCUT2D eigenvalue weighted by molar-refractivity contribution is 0.117. The van der Waals surface area contributed by atoms with Crippen LogP contribution in [0.3, 0.4) is 0 Å². The molecule has 2 heterocycles. The minimum absolute atomic E-state index is 0.277. The molecule has 1 aliphatic heterocycles. The second kappa shape index (κ2) is 5.47. The van der Waals surface area contributed by atoms with Gasteiger partial charge < -0.3 is 4.74 Å². The van der Waals surface area contributed by atoms with Gasteiger partial charge in [0.05, 0.1) is 17.0 Å². The van der Waals surface area contributed by atoms with Gasteiger partial charge >= 0.3 is 0 Å². The lowest BCUT2D eigenvalue weighted by Gasteiger charge is -2.20. The van der Waals surface area contributed by atoms with Crippen LogP contribution < -0.4 is 11.3 Å². The first-order valence-electron chi connectivity index (χ1n) is 5.51. The predicted octanol–water partition coefficient (Wildman–Crippen LogP) is 2.20. The van der Waals surface area contributed by atoms with Gasteiger partial charge in [0.25, 0.3) is 0 Å². The van der Waals surface area contributed by atoms with Crippen molar-refractivity contribution >= 4 is 22.9 Å². The standard InChI is InChI=1S/C11H17ClN2OS/c1-7-4-8(6-15-7)10(14-13)5-9-2-3-11(12)16-9/h2-3,7-8,10,14H,4-6,13H2,1H3. The highest BCUT2D eigenvalue weighted by atomic mass is 35.5. The summed E-state index contributed by atoms with van der Waals surface area (Å²) in [4.78, 5) is 1.27. The summed E-state index contributed by atoms with van der Waals surface area (Å²) in [5.41, 5.74) is 2.91. The van der Waals surface area contributed by atoms with Gasteiger partial charge in [-0.3, -0.25) is 11.3 Å². The van der Waals surface area contributed by atoms with Crippen LogP contribution in [0.25, 0.3) is 0 Å². The van der Waals surface area contributed by atoms with Gasteiger partial charge in [-0.15, -0.1) is 11.3 Å². The van der Waals surface area contributed by atoms with E-state index in [9.17, 15) is 0 Å². The second-order valence-electron chi connectivity index (χ2n) is 4.32. The third-order valence-corrected chi connectivity index (χ3v) is 4.32. The summed E-state index contributed by atoms with van der Waals surface area (Å²) >= 11 is 7.53. The molecule has 3 atom stereocenters. The van der Waals surface area contributed by atoms with E-state index in [2.05, 4.69) is 18.4 Å². The van der Waals surface area contributed by atoms with Crippen molar-refractivity contribution in [2.45, 2.75) is 31.9 Å². The van der Waals surface area contributed by atoms with Crippen LogP contribution in [0, 0.1) is 5.92 Å². The van der Waals surface area contributed by atoms with E-state index in [-0.39, 0.29) is 6.04 Å². The molecule has 2 rings (SSSR count). The van der Waals surface area contributed by atoms with Gasteiger partial charge in [-0.05, 0) is 31.9 Å². The molecular formula is C11H17ClN2OS. The Morgan fingerprint density at radius 2 is 2.50 bits per heavy atom. The van der Waals surface area contributed by atoms with E-state index in [0.717, 1.165) is 23.8 Å². The van der Waals surface area contributed by atoms with Crippen LogP contribution in [-0.4, -0.2) is 18.8 Å². The maximum atomic E-state index is 5.91.